The molecule has 0 fully saturated rings. The summed E-state index contributed by atoms with van der Waals surface area (Å²) in [5.74, 6) is -0.305. The van der Waals surface area contributed by atoms with Gasteiger partial charge in [-0.05, 0) is 43.7 Å². The maximum Gasteiger partial charge on any atom is 0.331 e. The molecule has 1 heterocycles. The largest absolute Gasteiger partial charge is 0.492 e. The SMILES string of the molecule is CCCCCCCOc1cccc(-c2csc(NC(=O)c3cc(Cl)c(/C=C(\C)C(=O)O)c(Cl)c3)n2)c1OC. The second-order valence-corrected chi connectivity index (χ2v) is 10.3. The second-order valence-electron chi connectivity index (χ2n) is 8.58. The topological polar surface area (TPSA) is 97.8 Å². The van der Waals surface area contributed by atoms with Crippen LogP contribution < -0.4 is 14.8 Å². The summed E-state index contributed by atoms with van der Waals surface area (Å²) in [7, 11) is 1.59. The molecule has 3 aromatic rings. The first-order valence-electron chi connectivity index (χ1n) is 12.2. The number of hydrogen-bond donors (Lipinski definition) is 2. The van der Waals surface area contributed by atoms with Crippen LogP contribution in [0.3, 0.4) is 0 Å². The summed E-state index contributed by atoms with van der Waals surface area (Å²) in [6.45, 7) is 4.23. The number of para-hydroxylation sites is 1. The van der Waals surface area contributed by atoms with E-state index in [1.54, 1.807) is 7.11 Å². The van der Waals surface area contributed by atoms with Crippen LogP contribution in [0.25, 0.3) is 17.3 Å². The van der Waals surface area contributed by atoms with Gasteiger partial charge in [0.15, 0.2) is 16.6 Å². The van der Waals surface area contributed by atoms with Gasteiger partial charge >= 0.3 is 5.97 Å². The molecule has 1 aromatic heterocycles. The molecule has 0 aliphatic heterocycles. The molecule has 0 radical (unpaired) electrons. The van der Waals surface area contributed by atoms with Crippen LogP contribution in [0, 0.1) is 0 Å². The summed E-state index contributed by atoms with van der Waals surface area (Å²) in [6.07, 6.45) is 7.10. The first-order valence-corrected chi connectivity index (χ1v) is 13.9. The number of nitrogens with zero attached hydrogens (tertiary/aromatic N) is 1. The lowest BCUT2D eigenvalue weighted by Gasteiger charge is -2.13. The maximum atomic E-state index is 12.9. The average Bonchev–Trinajstić information content (AvgIpc) is 3.35. The number of rotatable bonds is 13. The Morgan fingerprint density at radius 3 is 2.50 bits per heavy atom. The lowest BCUT2D eigenvalue weighted by molar-refractivity contribution is -0.132. The summed E-state index contributed by atoms with van der Waals surface area (Å²) in [4.78, 5) is 28.6. The molecule has 0 aliphatic rings. The summed E-state index contributed by atoms with van der Waals surface area (Å²) in [6, 6.07) is 8.51. The molecule has 7 nitrogen and oxygen atoms in total. The molecule has 0 spiro atoms. The Morgan fingerprint density at radius 1 is 1.13 bits per heavy atom. The van der Waals surface area contributed by atoms with Gasteiger partial charge in [0.1, 0.15) is 0 Å². The van der Waals surface area contributed by atoms with Gasteiger partial charge in [-0.1, -0.05) is 61.9 Å². The minimum absolute atomic E-state index is 0.0678. The molecule has 0 aliphatic carbocycles. The number of methoxy groups -OCH3 is 1. The van der Waals surface area contributed by atoms with E-state index in [0.717, 1.165) is 18.4 Å². The smallest absolute Gasteiger partial charge is 0.331 e. The highest BCUT2D eigenvalue weighted by Gasteiger charge is 2.18. The number of amides is 1. The number of benzene rings is 2. The van der Waals surface area contributed by atoms with Gasteiger partial charge in [-0.15, -0.1) is 11.3 Å². The summed E-state index contributed by atoms with van der Waals surface area (Å²) >= 11 is 13.8. The number of halogens is 2. The van der Waals surface area contributed by atoms with E-state index in [2.05, 4.69) is 17.2 Å². The number of thiazole rings is 1. The number of unbranched alkanes of at least 4 members (excludes halogenated alkanes) is 4. The fraction of sp³-hybridized carbons (Fsp3) is 0.321. The molecular formula is C28H30Cl2N2O5S. The van der Waals surface area contributed by atoms with Crippen molar-refractivity contribution in [3.05, 3.63) is 62.5 Å². The van der Waals surface area contributed by atoms with E-state index in [0.29, 0.717) is 34.5 Å². The number of aliphatic carboxylic acids is 1. The molecular weight excluding hydrogens is 547 g/mol. The number of ether oxygens (including phenoxy) is 2. The summed E-state index contributed by atoms with van der Waals surface area (Å²) < 4.78 is 11.6. The van der Waals surface area contributed by atoms with Gasteiger partial charge in [-0.3, -0.25) is 10.1 Å². The lowest BCUT2D eigenvalue weighted by Crippen LogP contribution is -2.12. The maximum absolute atomic E-state index is 12.9. The minimum Gasteiger partial charge on any atom is -0.492 e. The Hall–Kier alpha value is -3.07. The van der Waals surface area contributed by atoms with E-state index in [9.17, 15) is 9.59 Å². The Bertz CT molecular complexity index is 1300. The Labute approximate surface area is 236 Å². The normalized spacial score (nSPS) is 11.3. The number of anilines is 1. The van der Waals surface area contributed by atoms with Gasteiger partial charge in [0, 0.05) is 27.6 Å². The van der Waals surface area contributed by atoms with Crippen LogP contribution in [0.1, 0.15) is 61.9 Å². The van der Waals surface area contributed by atoms with Gasteiger partial charge in [0.2, 0.25) is 0 Å². The van der Waals surface area contributed by atoms with Crippen molar-refractivity contribution in [2.24, 2.45) is 0 Å². The van der Waals surface area contributed by atoms with Crippen molar-refractivity contribution in [1.82, 2.24) is 4.98 Å². The Morgan fingerprint density at radius 2 is 1.84 bits per heavy atom. The molecule has 0 saturated heterocycles. The number of carbonyl (C=O) groups is 2. The second kappa shape index (κ2) is 14.2. The van der Waals surface area contributed by atoms with Gasteiger partial charge in [-0.25, -0.2) is 9.78 Å². The molecule has 202 valence electrons. The third-order valence-electron chi connectivity index (χ3n) is 5.73. The van der Waals surface area contributed by atoms with Crippen LogP contribution in [-0.4, -0.2) is 35.7 Å². The zero-order chi connectivity index (χ0) is 27.7. The highest BCUT2D eigenvalue weighted by atomic mass is 35.5. The van der Waals surface area contributed by atoms with Crippen LogP contribution in [0.5, 0.6) is 11.5 Å². The standard InChI is InChI=1S/C28H30Cl2N2O5S/c1-4-5-6-7-8-12-37-24-11-9-10-19(25(24)36-3)23-16-38-28(31-23)32-26(33)18-14-21(29)20(22(30)15-18)13-17(2)27(34)35/h9-11,13-16H,4-8,12H2,1-3H3,(H,34,35)(H,31,32,33)/b17-13+. The molecule has 0 atom stereocenters. The van der Waals surface area contributed by atoms with Gasteiger partial charge in [-0.2, -0.15) is 0 Å². The quantitative estimate of drug-likeness (QED) is 0.157. The van der Waals surface area contributed by atoms with Crippen molar-refractivity contribution in [2.45, 2.75) is 46.0 Å². The molecule has 2 N–H and O–H groups in total. The first-order chi connectivity index (χ1) is 18.2. The lowest BCUT2D eigenvalue weighted by atomic mass is 10.1. The molecule has 1 amide bonds. The van der Waals surface area contributed by atoms with Crippen molar-refractivity contribution in [3.63, 3.8) is 0 Å². The van der Waals surface area contributed by atoms with E-state index < -0.39 is 11.9 Å². The molecule has 38 heavy (non-hydrogen) atoms. The van der Waals surface area contributed by atoms with Crippen molar-refractivity contribution in [2.75, 3.05) is 19.0 Å². The fourth-order valence-electron chi connectivity index (χ4n) is 3.69. The van der Waals surface area contributed by atoms with Crippen LogP contribution in [0.2, 0.25) is 10.0 Å². The number of carboxylic acid groups (broad SMARTS) is 1. The first kappa shape index (κ1) is 29.5. The molecule has 0 bridgehead atoms. The number of carboxylic acids is 1. The van der Waals surface area contributed by atoms with E-state index in [1.807, 2.05) is 23.6 Å². The predicted octanol–water partition coefficient (Wildman–Crippen LogP) is 8.21. The van der Waals surface area contributed by atoms with E-state index in [4.69, 9.17) is 37.8 Å². The van der Waals surface area contributed by atoms with Gasteiger partial charge < -0.3 is 14.6 Å². The molecule has 2 aromatic carbocycles. The van der Waals surface area contributed by atoms with Crippen LogP contribution in [0.15, 0.2) is 41.3 Å². The Balaban J connectivity index is 1.73. The highest BCUT2D eigenvalue weighted by Crippen LogP contribution is 2.39. The number of nitrogens with one attached hydrogen (secondary N) is 1. The number of aromatic nitrogens is 1. The summed E-state index contributed by atoms with van der Waals surface area (Å²) in [5, 5.41) is 14.4. The molecule has 0 unspecified atom stereocenters. The van der Waals surface area contributed by atoms with Gasteiger partial charge in [0.05, 0.1) is 29.5 Å². The molecule has 0 saturated carbocycles. The predicted molar refractivity (Wildman–Crippen MR) is 154 cm³/mol. The average molecular weight is 578 g/mol. The highest BCUT2D eigenvalue weighted by molar-refractivity contribution is 7.14. The van der Waals surface area contributed by atoms with Crippen LogP contribution >= 0.6 is 34.5 Å². The molecule has 3 rings (SSSR count). The van der Waals surface area contributed by atoms with Crippen molar-refractivity contribution in [3.8, 4) is 22.8 Å². The number of carbonyl (C=O) groups excluding carboxylic acids is 1. The third kappa shape index (κ3) is 7.72. The third-order valence-corrected chi connectivity index (χ3v) is 7.11. The minimum atomic E-state index is -1.09. The van der Waals surface area contributed by atoms with Crippen LogP contribution in [-0.2, 0) is 4.79 Å². The monoisotopic (exact) mass is 576 g/mol. The van der Waals surface area contributed by atoms with Gasteiger partial charge in [0.25, 0.3) is 5.91 Å². The summed E-state index contributed by atoms with van der Waals surface area (Å²) in [5.41, 5.74) is 2.00. The Kier molecular flexibility index (Phi) is 11.0. The fourth-order valence-corrected chi connectivity index (χ4v) is 4.99. The van der Waals surface area contributed by atoms with E-state index in [-0.39, 0.29) is 21.2 Å². The zero-order valence-electron chi connectivity index (χ0n) is 21.5. The van der Waals surface area contributed by atoms with Crippen molar-refractivity contribution < 1.29 is 24.2 Å². The zero-order valence-corrected chi connectivity index (χ0v) is 23.8. The van der Waals surface area contributed by atoms with Crippen molar-refractivity contribution >= 4 is 57.6 Å². The van der Waals surface area contributed by atoms with Crippen LogP contribution in [0.4, 0.5) is 5.13 Å². The van der Waals surface area contributed by atoms with E-state index in [1.165, 1.54) is 55.7 Å². The van der Waals surface area contributed by atoms with Crippen molar-refractivity contribution in [1.29, 1.82) is 0 Å². The number of hydrogen-bond acceptors (Lipinski definition) is 6. The van der Waals surface area contributed by atoms with E-state index >= 15 is 0 Å². The molecule has 10 heteroatoms.